The predicted octanol–water partition coefficient (Wildman–Crippen LogP) is 3.91. The molecule has 8 nitrogen and oxygen atoms in total. The summed E-state index contributed by atoms with van der Waals surface area (Å²) in [5.74, 6) is 5.39. The van der Waals surface area contributed by atoms with Crippen LogP contribution in [0.25, 0.3) is 0 Å². The number of ether oxygens (including phenoxy) is 2. The molecule has 2 amide bonds. The second-order valence-electron chi connectivity index (χ2n) is 8.65. The highest BCUT2D eigenvalue weighted by atomic mass is 19.1. The predicted molar refractivity (Wildman–Crippen MR) is 139 cm³/mol. The third-order valence-electron chi connectivity index (χ3n) is 5.86. The van der Waals surface area contributed by atoms with Gasteiger partial charge < -0.3 is 24.3 Å². The maximum Gasteiger partial charge on any atom is 0.255 e. The van der Waals surface area contributed by atoms with E-state index in [0.29, 0.717) is 28.4 Å². The average molecular weight is 511 g/mol. The maximum atomic E-state index is 14.6. The Bertz CT molecular complexity index is 1570. The van der Waals surface area contributed by atoms with E-state index in [1.807, 2.05) is 13.1 Å². The summed E-state index contributed by atoms with van der Waals surface area (Å²) in [5, 5.41) is 2.60. The van der Waals surface area contributed by atoms with Gasteiger partial charge in [0.25, 0.3) is 11.8 Å². The highest BCUT2D eigenvalue weighted by Gasteiger charge is 2.31. The fraction of sp³-hybridized carbons (Fsp3) is 0.138. The second-order valence-corrected chi connectivity index (χ2v) is 8.65. The van der Waals surface area contributed by atoms with E-state index in [1.54, 1.807) is 66.6 Å². The van der Waals surface area contributed by atoms with Crippen LogP contribution >= 0.6 is 0 Å². The monoisotopic (exact) mass is 510 g/mol. The fourth-order valence-electron chi connectivity index (χ4n) is 3.90. The number of fused-ring (bicyclic) bond motifs is 1. The molecule has 0 bridgehead atoms. The first-order valence-electron chi connectivity index (χ1n) is 11.7. The Morgan fingerprint density at radius 1 is 1.08 bits per heavy atom. The molecule has 0 spiro atoms. The first-order chi connectivity index (χ1) is 18.4. The van der Waals surface area contributed by atoms with Gasteiger partial charge in [0, 0.05) is 25.9 Å². The Labute approximate surface area is 218 Å². The van der Waals surface area contributed by atoms with E-state index in [1.165, 1.54) is 17.0 Å². The number of amides is 2. The number of rotatable bonds is 4. The van der Waals surface area contributed by atoms with E-state index < -0.39 is 23.7 Å². The lowest BCUT2D eigenvalue weighted by Crippen LogP contribution is -2.49. The lowest BCUT2D eigenvalue weighted by Gasteiger charge is -2.20. The molecular formula is C29H23FN4O4. The van der Waals surface area contributed by atoms with Crippen LogP contribution in [-0.2, 0) is 11.8 Å². The number of aromatic nitrogens is 2. The number of nitrogens with one attached hydrogen (secondary N) is 1. The first kappa shape index (κ1) is 24.6. The molecule has 1 atom stereocenters. The van der Waals surface area contributed by atoms with E-state index in [-0.39, 0.29) is 17.9 Å². The smallest absolute Gasteiger partial charge is 0.255 e. The van der Waals surface area contributed by atoms with Crippen LogP contribution in [0, 0.1) is 17.7 Å². The molecule has 1 unspecified atom stereocenters. The molecule has 0 radical (unpaired) electrons. The topological polar surface area (TPSA) is 85.7 Å². The van der Waals surface area contributed by atoms with Crippen molar-refractivity contribution in [2.75, 3.05) is 18.6 Å². The molecule has 38 heavy (non-hydrogen) atoms. The number of anilines is 1. The third-order valence-corrected chi connectivity index (χ3v) is 5.86. The zero-order valence-corrected chi connectivity index (χ0v) is 20.6. The summed E-state index contributed by atoms with van der Waals surface area (Å²) in [6.45, 7) is -0.122. The number of nitrogens with zero attached hydrogens (tertiary/aromatic N) is 3. The van der Waals surface area contributed by atoms with E-state index in [4.69, 9.17) is 9.47 Å². The van der Waals surface area contributed by atoms with Gasteiger partial charge in [0.1, 0.15) is 41.4 Å². The maximum absolute atomic E-state index is 14.6. The minimum atomic E-state index is -1.04. The number of hydrogen-bond donors (Lipinski definition) is 1. The zero-order valence-electron chi connectivity index (χ0n) is 20.6. The van der Waals surface area contributed by atoms with E-state index in [0.717, 1.165) is 6.07 Å². The molecule has 3 aromatic carbocycles. The summed E-state index contributed by atoms with van der Waals surface area (Å²) in [4.78, 5) is 31.8. The molecule has 190 valence electrons. The quantitative estimate of drug-likeness (QED) is 0.421. The SMILES string of the molecule is CN1C(=O)C(NC(=O)c2cc(Oc3ccccc3)ccc2F)COc2ccc(C#Cc3cn(C)cn3)cc21. The normalized spacial score (nSPS) is 14.4. The molecule has 4 aromatic rings. The van der Waals surface area contributed by atoms with Crippen LogP contribution < -0.4 is 19.7 Å². The van der Waals surface area contributed by atoms with Crippen LogP contribution in [0.4, 0.5) is 10.1 Å². The Kier molecular flexibility index (Phi) is 6.78. The first-order valence-corrected chi connectivity index (χ1v) is 11.7. The summed E-state index contributed by atoms with van der Waals surface area (Å²) in [5.41, 5.74) is 1.54. The molecule has 5 rings (SSSR count). The number of carbonyl (C=O) groups excluding carboxylic acids is 2. The lowest BCUT2D eigenvalue weighted by molar-refractivity contribution is -0.120. The molecule has 9 heteroatoms. The zero-order chi connectivity index (χ0) is 26.6. The fourth-order valence-corrected chi connectivity index (χ4v) is 3.90. The van der Waals surface area contributed by atoms with Crippen LogP contribution in [0.15, 0.2) is 79.3 Å². The van der Waals surface area contributed by atoms with Crippen molar-refractivity contribution in [3.05, 3.63) is 102 Å². The van der Waals surface area contributed by atoms with Crippen molar-refractivity contribution < 1.29 is 23.5 Å². The minimum absolute atomic E-state index is 0.122. The van der Waals surface area contributed by atoms with Gasteiger partial charge >= 0.3 is 0 Å². The van der Waals surface area contributed by atoms with Crippen LogP contribution in [0.3, 0.4) is 0 Å². The third kappa shape index (κ3) is 5.34. The average Bonchev–Trinajstić information content (AvgIpc) is 3.31. The van der Waals surface area contributed by atoms with Crippen LogP contribution in [0.5, 0.6) is 17.2 Å². The number of carbonyl (C=O) groups is 2. The van der Waals surface area contributed by atoms with Crippen LogP contribution in [0.1, 0.15) is 21.6 Å². The van der Waals surface area contributed by atoms with Crippen molar-refractivity contribution >= 4 is 17.5 Å². The Balaban J connectivity index is 1.32. The molecule has 1 N–H and O–H groups in total. The van der Waals surface area contributed by atoms with Crippen LogP contribution in [0.2, 0.25) is 0 Å². The summed E-state index contributed by atoms with van der Waals surface area (Å²) < 4.78 is 27.9. The van der Waals surface area contributed by atoms with E-state index in [2.05, 4.69) is 22.1 Å². The van der Waals surface area contributed by atoms with Gasteiger partial charge in [-0.25, -0.2) is 9.37 Å². The largest absolute Gasteiger partial charge is 0.489 e. The summed E-state index contributed by atoms with van der Waals surface area (Å²) >= 11 is 0. The molecule has 0 saturated carbocycles. The molecule has 0 saturated heterocycles. The number of aryl methyl sites for hydroxylation is 1. The minimum Gasteiger partial charge on any atom is -0.489 e. The highest BCUT2D eigenvalue weighted by Crippen LogP contribution is 2.32. The van der Waals surface area contributed by atoms with Gasteiger partial charge in [-0.3, -0.25) is 9.59 Å². The number of halogens is 1. The Hall–Kier alpha value is -5.10. The van der Waals surface area contributed by atoms with Crippen molar-refractivity contribution in [1.29, 1.82) is 0 Å². The number of likely N-dealkylation sites (N-methyl/N-ethyl adjacent to an activating group) is 1. The van der Waals surface area contributed by atoms with Crippen LogP contribution in [-0.4, -0.2) is 41.1 Å². The van der Waals surface area contributed by atoms with E-state index in [9.17, 15) is 14.0 Å². The molecular weight excluding hydrogens is 487 g/mol. The number of hydrogen-bond acceptors (Lipinski definition) is 5. The van der Waals surface area contributed by atoms with Gasteiger partial charge in [0.05, 0.1) is 17.6 Å². The molecule has 0 fully saturated rings. The standard InChI is InChI=1S/C29H23FN4O4/c1-33-16-20(31-18-33)10-8-19-9-13-27-26(14-19)34(2)29(36)25(17-37-27)32-28(35)23-15-22(11-12-24(23)30)38-21-6-4-3-5-7-21/h3-7,9,11-16,18,25H,17H2,1-2H3,(H,32,35). The van der Waals surface area contributed by atoms with Gasteiger partial charge in [-0.2, -0.15) is 0 Å². The Morgan fingerprint density at radius 2 is 1.89 bits per heavy atom. The van der Waals surface area contributed by atoms with Gasteiger partial charge in [0.15, 0.2) is 0 Å². The molecule has 1 aliphatic rings. The van der Waals surface area contributed by atoms with Gasteiger partial charge in [-0.15, -0.1) is 0 Å². The molecule has 2 heterocycles. The van der Waals surface area contributed by atoms with Crippen molar-refractivity contribution in [2.45, 2.75) is 6.04 Å². The van der Waals surface area contributed by atoms with Crippen molar-refractivity contribution in [3.8, 4) is 29.1 Å². The molecule has 1 aromatic heterocycles. The molecule has 0 aliphatic carbocycles. The van der Waals surface area contributed by atoms with Gasteiger partial charge in [-0.05, 0) is 54.5 Å². The molecule has 1 aliphatic heterocycles. The number of imidazole rings is 1. The number of benzene rings is 3. The highest BCUT2D eigenvalue weighted by molar-refractivity contribution is 6.03. The van der Waals surface area contributed by atoms with Crippen molar-refractivity contribution in [1.82, 2.24) is 14.9 Å². The second kappa shape index (κ2) is 10.5. The Morgan fingerprint density at radius 3 is 2.66 bits per heavy atom. The van der Waals surface area contributed by atoms with Gasteiger partial charge in [-0.1, -0.05) is 24.1 Å². The van der Waals surface area contributed by atoms with Gasteiger partial charge in [0.2, 0.25) is 0 Å². The summed E-state index contributed by atoms with van der Waals surface area (Å²) in [6.07, 6.45) is 3.46. The number of para-hydroxylation sites is 1. The van der Waals surface area contributed by atoms with Crippen molar-refractivity contribution in [3.63, 3.8) is 0 Å². The summed E-state index contributed by atoms with van der Waals surface area (Å²) in [6, 6.07) is 17.0. The van der Waals surface area contributed by atoms with E-state index >= 15 is 0 Å². The van der Waals surface area contributed by atoms with Crippen molar-refractivity contribution in [2.24, 2.45) is 7.05 Å². The summed E-state index contributed by atoms with van der Waals surface area (Å²) in [7, 11) is 3.44. The lowest BCUT2D eigenvalue weighted by atomic mass is 10.1.